The summed E-state index contributed by atoms with van der Waals surface area (Å²) in [5, 5.41) is 15.9. The summed E-state index contributed by atoms with van der Waals surface area (Å²) < 4.78 is 10.1. The molecule has 4 aliphatic carbocycles. The summed E-state index contributed by atoms with van der Waals surface area (Å²) in [6.45, 7) is 12.5. The van der Waals surface area contributed by atoms with Crippen LogP contribution in [0.5, 0.6) is 0 Å². The number of nitrogens with one attached hydrogen (secondary N) is 2. The summed E-state index contributed by atoms with van der Waals surface area (Å²) >= 11 is 0. The first kappa shape index (κ1) is 32.3. The number of aromatic nitrogens is 4. The maximum Gasteiger partial charge on any atom is 0.270 e. The molecule has 252 valence electrons. The van der Waals surface area contributed by atoms with Gasteiger partial charge in [-0.15, -0.1) is 0 Å². The van der Waals surface area contributed by atoms with Crippen LogP contribution in [-0.2, 0) is 16.3 Å². The average Bonchev–Trinajstić information content (AvgIpc) is 3.83. The van der Waals surface area contributed by atoms with Crippen molar-refractivity contribution in [1.29, 1.82) is 0 Å². The van der Waals surface area contributed by atoms with Crippen molar-refractivity contribution < 1.29 is 14.3 Å². The second kappa shape index (κ2) is 13.0. The van der Waals surface area contributed by atoms with Crippen molar-refractivity contribution in [2.24, 2.45) is 17.8 Å². The highest BCUT2D eigenvalue weighted by Crippen LogP contribution is 2.52. The lowest BCUT2D eigenvalue weighted by Crippen LogP contribution is -2.50. The first-order chi connectivity index (χ1) is 22.6. The van der Waals surface area contributed by atoms with Crippen molar-refractivity contribution in [3.63, 3.8) is 0 Å². The third-order valence-electron chi connectivity index (χ3n) is 10.3. The average molecular weight is 657 g/mol. The van der Waals surface area contributed by atoms with E-state index in [0.29, 0.717) is 36.1 Å². The number of carbonyl (C=O) groups is 2. The van der Waals surface area contributed by atoms with Gasteiger partial charge in [0.1, 0.15) is 18.5 Å². The monoisotopic (exact) mass is 656 g/mol. The van der Waals surface area contributed by atoms with Crippen molar-refractivity contribution in [1.82, 2.24) is 24.9 Å². The fourth-order valence-electron chi connectivity index (χ4n) is 7.12. The van der Waals surface area contributed by atoms with Crippen LogP contribution < -0.4 is 10.6 Å². The first-order valence-electron chi connectivity index (χ1n) is 18.0. The molecule has 0 spiro atoms. The quantitative estimate of drug-likeness (QED) is 0.122. The topological polar surface area (TPSA) is 103 Å². The number of rotatable bonds is 16. The zero-order chi connectivity index (χ0) is 32.9. The summed E-state index contributed by atoms with van der Waals surface area (Å²) in [6, 6.07) is 10.6. The lowest BCUT2D eigenvalue weighted by Gasteiger charge is -2.28. The highest BCUT2D eigenvalue weighted by atomic mass is 28.3. The van der Waals surface area contributed by atoms with E-state index in [1.54, 1.807) is 16.9 Å². The summed E-state index contributed by atoms with van der Waals surface area (Å²) in [5.41, 5.74) is 6.19. The van der Waals surface area contributed by atoms with E-state index >= 15 is 0 Å². The maximum absolute atomic E-state index is 14.0. The van der Waals surface area contributed by atoms with Crippen molar-refractivity contribution in [3.8, 4) is 11.1 Å². The number of hydrogen-bond donors (Lipinski definition) is 2. The standard InChI is InChI=1S/C37H52N6O3Si/c1-23(2)43-30(18-19-38-43)36(44)40-34(31(24-6-7-24)25-8-9-25)37(45)39-29-16-14-26(15-17-29)32-33(27-10-11-27)41-42(35(32)28-12-13-28)22-46-20-21-47(3,4)5/h14-19,23-25,27-28,31,34H,6-13,20-22H2,1-5H3,(H,39,45)(H,40,44). The van der Waals surface area contributed by atoms with Gasteiger partial charge >= 0.3 is 0 Å². The molecule has 7 rings (SSSR count). The number of nitrogens with zero attached hydrogens (tertiary/aromatic N) is 4. The second-order valence-electron chi connectivity index (χ2n) is 16.1. The second-order valence-corrected chi connectivity index (χ2v) is 21.7. The number of carbonyl (C=O) groups excluding carboxylic acids is 2. The predicted octanol–water partition coefficient (Wildman–Crippen LogP) is 7.57. The van der Waals surface area contributed by atoms with E-state index in [4.69, 9.17) is 9.84 Å². The fourth-order valence-corrected chi connectivity index (χ4v) is 7.88. The Balaban J connectivity index is 1.10. The van der Waals surface area contributed by atoms with Crippen LogP contribution >= 0.6 is 0 Å². The van der Waals surface area contributed by atoms with Gasteiger partial charge in [0, 0.05) is 50.0 Å². The van der Waals surface area contributed by atoms with Crippen molar-refractivity contribution in [3.05, 3.63) is 53.6 Å². The molecule has 0 radical (unpaired) electrons. The Bertz CT molecular complexity index is 1580. The van der Waals surface area contributed by atoms with Gasteiger partial charge in [0.2, 0.25) is 5.91 Å². The van der Waals surface area contributed by atoms with Crippen LogP contribution in [0.4, 0.5) is 5.69 Å². The Morgan fingerprint density at radius 2 is 1.60 bits per heavy atom. The Labute approximate surface area is 280 Å². The Morgan fingerprint density at radius 3 is 2.17 bits per heavy atom. The Morgan fingerprint density at radius 1 is 0.936 bits per heavy atom. The molecule has 0 saturated heterocycles. The minimum absolute atomic E-state index is 0.0506. The molecule has 0 bridgehead atoms. The molecule has 3 aromatic rings. The van der Waals surface area contributed by atoms with Crippen molar-refractivity contribution in [2.75, 3.05) is 11.9 Å². The molecule has 4 saturated carbocycles. The number of ether oxygens (including phenoxy) is 1. The predicted molar refractivity (Wildman–Crippen MR) is 187 cm³/mol. The third kappa shape index (κ3) is 7.59. The van der Waals surface area contributed by atoms with Gasteiger partial charge in [-0.25, -0.2) is 4.68 Å². The van der Waals surface area contributed by atoms with Crippen LogP contribution in [0, 0.1) is 17.8 Å². The van der Waals surface area contributed by atoms with E-state index in [-0.39, 0.29) is 23.8 Å². The molecule has 0 aliphatic heterocycles. The molecule has 4 aliphatic rings. The van der Waals surface area contributed by atoms with Gasteiger partial charge in [0.05, 0.1) is 11.4 Å². The van der Waals surface area contributed by atoms with Gasteiger partial charge in [-0.05, 0) is 113 Å². The van der Waals surface area contributed by atoms with Crippen LogP contribution in [0.15, 0.2) is 36.5 Å². The molecule has 4 fully saturated rings. The minimum Gasteiger partial charge on any atom is -0.360 e. The van der Waals surface area contributed by atoms with Gasteiger partial charge in [0.25, 0.3) is 5.91 Å². The molecular formula is C37H52N6O3Si. The van der Waals surface area contributed by atoms with Crippen LogP contribution in [-0.4, -0.2) is 52.1 Å². The summed E-state index contributed by atoms with van der Waals surface area (Å²) in [7, 11) is -1.16. The van der Waals surface area contributed by atoms with Crippen LogP contribution in [0.1, 0.15) is 105 Å². The van der Waals surface area contributed by atoms with Gasteiger partial charge < -0.3 is 15.4 Å². The molecular weight excluding hydrogens is 605 g/mol. The maximum atomic E-state index is 14.0. The number of amides is 2. The van der Waals surface area contributed by atoms with E-state index in [1.807, 2.05) is 26.0 Å². The van der Waals surface area contributed by atoms with E-state index in [0.717, 1.165) is 49.6 Å². The minimum atomic E-state index is -1.16. The summed E-state index contributed by atoms with van der Waals surface area (Å²) in [5.74, 6) is 1.83. The van der Waals surface area contributed by atoms with Crippen LogP contribution in [0.2, 0.25) is 25.7 Å². The molecule has 1 unspecified atom stereocenters. The fraction of sp³-hybridized carbons (Fsp3) is 0.622. The molecule has 2 aromatic heterocycles. The van der Waals surface area contributed by atoms with Crippen molar-refractivity contribution in [2.45, 2.75) is 122 Å². The molecule has 1 aromatic carbocycles. The number of hydrogen-bond acceptors (Lipinski definition) is 5. The van der Waals surface area contributed by atoms with E-state index in [1.165, 1.54) is 42.6 Å². The number of anilines is 1. The highest BCUT2D eigenvalue weighted by Gasteiger charge is 2.48. The van der Waals surface area contributed by atoms with Gasteiger partial charge in [0.15, 0.2) is 0 Å². The molecule has 1 atom stereocenters. The van der Waals surface area contributed by atoms with Crippen LogP contribution in [0.25, 0.3) is 11.1 Å². The lowest BCUT2D eigenvalue weighted by atomic mass is 9.88. The van der Waals surface area contributed by atoms with Crippen LogP contribution in [0.3, 0.4) is 0 Å². The largest absolute Gasteiger partial charge is 0.360 e. The lowest BCUT2D eigenvalue weighted by molar-refractivity contribution is -0.119. The van der Waals surface area contributed by atoms with E-state index in [2.05, 4.69) is 52.2 Å². The zero-order valence-electron chi connectivity index (χ0n) is 28.8. The zero-order valence-corrected chi connectivity index (χ0v) is 29.8. The molecule has 9 nitrogen and oxygen atoms in total. The van der Waals surface area contributed by atoms with Gasteiger partial charge in [-0.2, -0.15) is 10.2 Å². The van der Waals surface area contributed by atoms with E-state index < -0.39 is 14.1 Å². The molecule has 2 heterocycles. The van der Waals surface area contributed by atoms with Gasteiger partial charge in [-0.1, -0.05) is 31.8 Å². The SMILES string of the molecule is CC(C)n1nccc1C(=O)NC(C(=O)Nc1ccc(-c2c(C3CC3)nn(COCC[Si](C)(C)C)c2C2CC2)cc1)C(C1CC1)C1CC1. The smallest absolute Gasteiger partial charge is 0.270 e. The summed E-state index contributed by atoms with van der Waals surface area (Å²) in [4.78, 5) is 27.6. The molecule has 2 N–H and O–H groups in total. The first-order valence-corrected chi connectivity index (χ1v) is 21.7. The van der Waals surface area contributed by atoms with E-state index in [9.17, 15) is 9.59 Å². The molecule has 47 heavy (non-hydrogen) atoms. The Hall–Kier alpha value is -3.24. The molecule has 2 amide bonds. The summed E-state index contributed by atoms with van der Waals surface area (Å²) in [6.07, 6.45) is 10.9. The Kier molecular flexibility index (Phi) is 8.93. The van der Waals surface area contributed by atoms with Gasteiger partial charge in [-0.3, -0.25) is 14.3 Å². The number of benzene rings is 1. The third-order valence-corrected chi connectivity index (χ3v) is 12.0. The molecule has 10 heteroatoms. The van der Waals surface area contributed by atoms with Crippen molar-refractivity contribution >= 4 is 25.6 Å². The normalized spacial score (nSPS) is 19.0. The highest BCUT2D eigenvalue weighted by molar-refractivity contribution is 6.76.